The van der Waals surface area contributed by atoms with Gasteiger partial charge in [-0.2, -0.15) is 0 Å². The van der Waals surface area contributed by atoms with Crippen molar-refractivity contribution >= 4 is 28.5 Å². The van der Waals surface area contributed by atoms with Gasteiger partial charge in [-0.25, -0.2) is 9.59 Å². The van der Waals surface area contributed by atoms with Gasteiger partial charge in [0, 0.05) is 23.1 Å². The Kier molecular flexibility index (Phi) is 6.41. The smallest absolute Gasteiger partial charge is 0.349 e. The molecule has 1 N–H and O–H groups in total. The summed E-state index contributed by atoms with van der Waals surface area (Å²) in [7, 11) is 0. The number of hydrogen-bond acceptors (Lipinski definition) is 7. The van der Waals surface area contributed by atoms with Crippen LogP contribution >= 0.6 is 0 Å². The summed E-state index contributed by atoms with van der Waals surface area (Å²) in [4.78, 5) is 48.2. The molecule has 4 aromatic rings. The number of nitrogens with one attached hydrogen (secondary N) is 1. The van der Waals surface area contributed by atoms with Crippen molar-refractivity contribution in [1.82, 2.24) is 5.32 Å². The molecule has 0 bridgehead atoms. The first-order valence-corrected chi connectivity index (χ1v) is 10.6. The predicted molar refractivity (Wildman–Crippen MR) is 128 cm³/mol. The first-order valence-electron chi connectivity index (χ1n) is 10.6. The average Bonchev–Trinajstić information content (AvgIpc) is 2.84. The van der Waals surface area contributed by atoms with E-state index in [-0.39, 0.29) is 34.2 Å². The van der Waals surface area contributed by atoms with Crippen LogP contribution in [-0.2, 0) is 0 Å². The number of benzene rings is 3. The number of ether oxygens (including phenoxy) is 1. The third kappa shape index (κ3) is 5.09. The number of hydrogen-bond donors (Lipinski definition) is 1. The minimum absolute atomic E-state index is 0.00315. The van der Waals surface area contributed by atoms with Crippen LogP contribution in [0.2, 0.25) is 0 Å². The quantitative estimate of drug-likeness (QED) is 0.141. The van der Waals surface area contributed by atoms with Crippen LogP contribution in [0, 0.1) is 17.0 Å². The lowest BCUT2D eigenvalue weighted by Crippen LogP contribution is -2.30. The van der Waals surface area contributed by atoms with Crippen LogP contribution in [0.25, 0.3) is 11.0 Å². The second kappa shape index (κ2) is 9.60. The minimum Gasteiger partial charge on any atom is -0.423 e. The van der Waals surface area contributed by atoms with E-state index in [2.05, 4.69) is 5.32 Å². The Morgan fingerprint density at radius 3 is 2.49 bits per heavy atom. The van der Waals surface area contributed by atoms with Crippen molar-refractivity contribution in [3.8, 4) is 5.75 Å². The molecule has 3 aromatic carbocycles. The Hall–Kier alpha value is -4.79. The Morgan fingerprint density at radius 2 is 1.77 bits per heavy atom. The molecule has 176 valence electrons. The third-order valence-corrected chi connectivity index (χ3v) is 5.45. The third-order valence-electron chi connectivity index (χ3n) is 5.45. The van der Waals surface area contributed by atoms with Crippen molar-refractivity contribution < 1.29 is 23.7 Å². The molecule has 1 heterocycles. The molecule has 1 aromatic heterocycles. The van der Waals surface area contributed by atoms with Crippen LogP contribution < -0.4 is 15.7 Å². The Balaban J connectivity index is 1.54. The van der Waals surface area contributed by atoms with Crippen molar-refractivity contribution in [2.75, 3.05) is 0 Å². The maximum Gasteiger partial charge on any atom is 0.349 e. The molecule has 0 fully saturated rings. The molecule has 9 nitrogen and oxygen atoms in total. The lowest BCUT2D eigenvalue weighted by atomic mass is 10.1. The van der Waals surface area contributed by atoms with Crippen LogP contribution in [-0.4, -0.2) is 16.8 Å². The van der Waals surface area contributed by atoms with Crippen molar-refractivity contribution in [3.63, 3.8) is 0 Å². The number of carbonyl (C=O) groups is 2. The highest BCUT2D eigenvalue weighted by atomic mass is 16.6. The van der Waals surface area contributed by atoms with Gasteiger partial charge < -0.3 is 14.5 Å². The molecular weight excluding hydrogens is 452 g/mol. The lowest BCUT2D eigenvalue weighted by molar-refractivity contribution is -0.385. The number of nitrogens with zero attached hydrogens (tertiary/aromatic N) is 1. The Labute approximate surface area is 199 Å². The topological polar surface area (TPSA) is 129 Å². The summed E-state index contributed by atoms with van der Waals surface area (Å²) >= 11 is 0. The van der Waals surface area contributed by atoms with Crippen LogP contribution in [0.4, 0.5) is 5.69 Å². The molecule has 1 atom stereocenters. The zero-order valence-electron chi connectivity index (χ0n) is 18.8. The molecule has 0 aliphatic heterocycles. The second-order valence-corrected chi connectivity index (χ2v) is 7.90. The van der Waals surface area contributed by atoms with E-state index in [4.69, 9.17) is 9.15 Å². The largest absolute Gasteiger partial charge is 0.423 e. The van der Waals surface area contributed by atoms with Gasteiger partial charge in [0.15, 0.2) is 0 Å². The van der Waals surface area contributed by atoms with Crippen molar-refractivity contribution in [2.45, 2.75) is 19.9 Å². The van der Waals surface area contributed by atoms with Gasteiger partial charge in [0.05, 0.1) is 16.5 Å². The summed E-state index contributed by atoms with van der Waals surface area (Å²) < 4.78 is 10.6. The highest BCUT2D eigenvalue weighted by Crippen LogP contribution is 2.24. The molecule has 0 saturated heterocycles. The SMILES string of the molecule is Cc1ccc(C(=O)Oc2ccc3cc(C(=O)NC(C)c4ccccc4)c(=O)oc3c2)cc1[N+](=O)[O-]. The van der Waals surface area contributed by atoms with E-state index in [0.717, 1.165) is 11.6 Å². The number of aryl methyl sites for hydroxylation is 1. The van der Waals surface area contributed by atoms with Crippen LogP contribution in [0.1, 0.15) is 44.8 Å². The molecule has 0 radical (unpaired) electrons. The van der Waals surface area contributed by atoms with Crippen LogP contribution in [0.3, 0.4) is 0 Å². The minimum atomic E-state index is -0.840. The maximum atomic E-state index is 12.7. The molecule has 0 spiro atoms. The molecule has 0 aliphatic rings. The molecule has 1 amide bonds. The standard InChI is InChI=1S/C26H20N2O7/c1-15-8-9-19(13-22(15)28(32)33)25(30)34-20-11-10-18-12-21(26(31)35-23(18)14-20)24(29)27-16(2)17-6-4-3-5-7-17/h3-14,16H,1-2H3,(H,27,29). The fourth-order valence-corrected chi connectivity index (χ4v) is 3.51. The molecule has 9 heteroatoms. The molecule has 35 heavy (non-hydrogen) atoms. The second-order valence-electron chi connectivity index (χ2n) is 7.90. The number of nitro benzene ring substituents is 1. The van der Waals surface area contributed by atoms with E-state index in [1.54, 1.807) is 13.8 Å². The summed E-state index contributed by atoms with van der Waals surface area (Å²) in [6.45, 7) is 3.37. The van der Waals surface area contributed by atoms with Gasteiger partial charge in [0.2, 0.25) is 0 Å². The van der Waals surface area contributed by atoms with E-state index in [9.17, 15) is 24.5 Å². The fourth-order valence-electron chi connectivity index (χ4n) is 3.51. The van der Waals surface area contributed by atoms with Gasteiger partial charge in [-0.15, -0.1) is 0 Å². The molecule has 1 unspecified atom stereocenters. The molecule has 0 saturated carbocycles. The van der Waals surface area contributed by atoms with E-state index >= 15 is 0 Å². The normalized spacial score (nSPS) is 11.6. The van der Waals surface area contributed by atoms with Gasteiger partial charge in [-0.1, -0.05) is 36.4 Å². The van der Waals surface area contributed by atoms with Gasteiger partial charge in [0.25, 0.3) is 11.6 Å². The summed E-state index contributed by atoms with van der Waals surface area (Å²) in [6.07, 6.45) is 0. The van der Waals surface area contributed by atoms with Crippen molar-refractivity contribution in [1.29, 1.82) is 0 Å². The number of rotatable bonds is 6. The van der Waals surface area contributed by atoms with E-state index < -0.39 is 22.4 Å². The first-order chi connectivity index (χ1) is 16.7. The van der Waals surface area contributed by atoms with Crippen LogP contribution in [0.5, 0.6) is 5.75 Å². The van der Waals surface area contributed by atoms with Crippen LogP contribution in [0.15, 0.2) is 82.0 Å². The van der Waals surface area contributed by atoms with E-state index in [0.29, 0.717) is 10.9 Å². The van der Waals surface area contributed by atoms with Crippen molar-refractivity contribution in [3.05, 3.63) is 116 Å². The number of fused-ring (bicyclic) bond motifs is 1. The summed E-state index contributed by atoms with van der Waals surface area (Å²) in [5.74, 6) is -1.31. The predicted octanol–water partition coefficient (Wildman–Crippen LogP) is 4.72. The lowest BCUT2D eigenvalue weighted by Gasteiger charge is -2.14. The summed E-state index contributed by atoms with van der Waals surface area (Å²) in [5.41, 5.74) is 0.223. The molecule has 4 rings (SSSR count). The summed E-state index contributed by atoms with van der Waals surface area (Å²) in [5, 5.41) is 14.3. The van der Waals surface area contributed by atoms with Gasteiger partial charge in [0.1, 0.15) is 16.9 Å². The zero-order chi connectivity index (χ0) is 25.1. The van der Waals surface area contributed by atoms with E-state index in [1.165, 1.54) is 36.4 Å². The monoisotopic (exact) mass is 472 g/mol. The zero-order valence-corrected chi connectivity index (χ0v) is 18.8. The van der Waals surface area contributed by atoms with E-state index in [1.807, 2.05) is 30.3 Å². The fraction of sp³-hybridized carbons (Fsp3) is 0.115. The number of carbonyl (C=O) groups excluding carboxylic acids is 2. The Morgan fingerprint density at radius 1 is 1.03 bits per heavy atom. The highest BCUT2D eigenvalue weighted by molar-refractivity contribution is 5.97. The summed E-state index contributed by atoms with van der Waals surface area (Å²) in [6, 6.07) is 18.8. The maximum absolute atomic E-state index is 12.7. The number of nitro groups is 1. The average molecular weight is 472 g/mol. The van der Waals surface area contributed by atoms with Gasteiger partial charge in [-0.05, 0) is 43.7 Å². The van der Waals surface area contributed by atoms with Crippen molar-refractivity contribution in [2.24, 2.45) is 0 Å². The molecule has 0 aliphatic carbocycles. The Bertz CT molecular complexity index is 1510. The van der Waals surface area contributed by atoms with Gasteiger partial charge in [-0.3, -0.25) is 14.9 Å². The number of amides is 1. The highest BCUT2D eigenvalue weighted by Gasteiger charge is 2.19. The van der Waals surface area contributed by atoms with Gasteiger partial charge >= 0.3 is 11.6 Å². The number of esters is 1. The molecular formula is C26H20N2O7. The first kappa shape index (κ1) is 23.4.